The number of hydrogen-bond donors (Lipinski definition) is 0. The van der Waals surface area contributed by atoms with Gasteiger partial charge in [0, 0.05) is 13.1 Å². The Kier molecular flexibility index (Phi) is 3.45. The molecule has 0 atom stereocenters. The van der Waals surface area contributed by atoms with Gasteiger partial charge in [0.2, 0.25) is 0 Å². The summed E-state index contributed by atoms with van der Waals surface area (Å²) >= 11 is 0. The van der Waals surface area contributed by atoms with Crippen LogP contribution in [0.5, 0.6) is 0 Å². The Morgan fingerprint density at radius 2 is 1.71 bits per heavy atom. The lowest BCUT2D eigenvalue weighted by molar-refractivity contribution is 0.0459. The monoisotopic (exact) mass is 196 g/mol. The molecule has 0 aromatic rings. The van der Waals surface area contributed by atoms with Crippen LogP contribution in [0.1, 0.15) is 26.2 Å². The standard InChI is InChI=1S/C12H24N2/c1-3-6-14-7-4-11(5-8-14)12-9-13(2)10-12/h11-12H,3-10H2,1-2H3. The Hall–Kier alpha value is -0.0800. The normalized spacial score (nSPS) is 27.9. The zero-order chi connectivity index (χ0) is 9.97. The summed E-state index contributed by atoms with van der Waals surface area (Å²) in [6.07, 6.45) is 4.23. The fraction of sp³-hybridized carbons (Fsp3) is 1.00. The van der Waals surface area contributed by atoms with Gasteiger partial charge in [-0.3, -0.25) is 0 Å². The van der Waals surface area contributed by atoms with Gasteiger partial charge < -0.3 is 9.80 Å². The molecule has 0 aromatic heterocycles. The Labute approximate surface area is 88.3 Å². The molecular weight excluding hydrogens is 172 g/mol. The van der Waals surface area contributed by atoms with Gasteiger partial charge in [-0.25, -0.2) is 0 Å². The number of nitrogens with zero attached hydrogens (tertiary/aromatic N) is 2. The lowest BCUT2D eigenvalue weighted by atomic mass is 9.80. The van der Waals surface area contributed by atoms with Gasteiger partial charge in [-0.2, -0.15) is 0 Å². The summed E-state index contributed by atoms with van der Waals surface area (Å²) in [5.74, 6) is 2.07. The molecule has 2 heteroatoms. The van der Waals surface area contributed by atoms with E-state index in [1.54, 1.807) is 0 Å². The molecular formula is C12H24N2. The highest BCUT2D eigenvalue weighted by Gasteiger charge is 2.32. The third-order valence-electron chi connectivity index (χ3n) is 3.93. The van der Waals surface area contributed by atoms with E-state index in [4.69, 9.17) is 0 Å². The van der Waals surface area contributed by atoms with Crippen LogP contribution >= 0.6 is 0 Å². The Morgan fingerprint density at radius 3 is 2.21 bits per heavy atom. The summed E-state index contributed by atoms with van der Waals surface area (Å²) in [4.78, 5) is 5.09. The van der Waals surface area contributed by atoms with Crippen LogP contribution in [0.3, 0.4) is 0 Å². The molecule has 0 N–H and O–H groups in total. The fourth-order valence-corrected chi connectivity index (χ4v) is 3.01. The van der Waals surface area contributed by atoms with Gasteiger partial charge >= 0.3 is 0 Å². The smallest absolute Gasteiger partial charge is 0.00216 e. The first-order chi connectivity index (χ1) is 6.79. The Morgan fingerprint density at radius 1 is 1.07 bits per heavy atom. The second-order valence-electron chi connectivity index (χ2n) is 5.16. The van der Waals surface area contributed by atoms with Crippen molar-refractivity contribution in [3.63, 3.8) is 0 Å². The molecule has 2 aliphatic heterocycles. The third-order valence-corrected chi connectivity index (χ3v) is 3.93. The minimum absolute atomic E-state index is 1.03. The SMILES string of the molecule is CCCN1CCC(C2CN(C)C2)CC1. The van der Waals surface area contributed by atoms with E-state index in [2.05, 4.69) is 23.8 Å². The van der Waals surface area contributed by atoms with Crippen LogP contribution in [0.2, 0.25) is 0 Å². The second-order valence-corrected chi connectivity index (χ2v) is 5.16. The van der Waals surface area contributed by atoms with Crippen LogP contribution < -0.4 is 0 Å². The van der Waals surface area contributed by atoms with Crippen molar-refractivity contribution in [1.82, 2.24) is 9.80 Å². The molecule has 0 radical (unpaired) electrons. The van der Waals surface area contributed by atoms with Crippen LogP contribution in [-0.2, 0) is 0 Å². The minimum Gasteiger partial charge on any atom is -0.306 e. The van der Waals surface area contributed by atoms with E-state index >= 15 is 0 Å². The molecule has 2 aliphatic rings. The van der Waals surface area contributed by atoms with Crippen molar-refractivity contribution < 1.29 is 0 Å². The van der Waals surface area contributed by atoms with E-state index in [9.17, 15) is 0 Å². The summed E-state index contributed by atoms with van der Waals surface area (Å²) in [7, 11) is 2.24. The van der Waals surface area contributed by atoms with Crippen molar-refractivity contribution >= 4 is 0 Å². The molecule has 2 rings (SSSR count). The molecule has 2 saturated heterocycles. The van der Waals surface area contributed by atoms with Crippen molar-refractivity contribution in [2.45, 2.75) is 26.2 Å². The number of rotatable bonds is 3. The molecule has 82 valence electrons. The van der Waals surface area contributed by atoms with Crippen molar-refractivity contribution in [3.8, 4) is 0 Å². The number of likely N-dealkylation sites (tertiary alicyclic amines) is 2. The Bertz CT molecular complexity index is 167. The van der Waals surface area contributed by atoms with E-state index < -0.39 is 0 Å². The molecule has 14 heavy (non-hydrogen) atoms. The molecule has 0 aliphatic carbocycles. The van der Waals surface area contributed by atoms with Gasteiger partial charge in [-0.15, -0.1) is 0 Å². The highest BCUT2D eigenvalue weighted by molar-refractivity contribution is 4.86. The first kappa shape index (κ1) is 10.4. The predicted octanol–water partition coefficient (Wildman–Crippen LogP) is 1.67. The van der Waals surface area contributed by atoms with Gasteiger partial charge in [0.05, 0.1) is 0 Å². The largest absolute Gasteiger partial charge is 0.306 e. The van der Waals surface area contributed by atoms with Crippen LogP contribution in [0, 0.1) is 11.8 Å². The average molecular weight is 196 g/mol. The minimum atomic E-state index is 1.03. The van der Waals surface area contributed by atoms with Gasteiger partial charge in [-0.05, 0) is 57.8 Å². The molecule has 0 aromatic carbocycles. The van der Waals surface area contributed by atoms with Crippen molar-refractivity contribution in [1.29, 1.82) is 0 Å². The molecule has 2 heterocycles. The van der Waals surface area contributed by atoms with E-state index in [-0.39, 0.29) is 0 Å². The van der Waals surface area contributed by atoms with Crippen LogP contribution in [-0.4, -0.2) is 49.6 Å². The molecule has 0 unspecified atom stereocenters. The van der Waals surface area contributed by atoms with Crippen LogP contribution in [0.4, 0.5) is 0 Å². The van der Waals surface area contributed by atoms with E-state index in [0.29, 0.717) is 0 Å². The predicted molar refractivity (Wildman–Crippen MR) is 60.4 cm³/mol. The lowest BCUT2D eigenvalue weighted by Crippen LogP contribution is -2.50. The maximum atomic E-state index is 2.64. The van der Waals surface area contributed by atoms with Crippen molar-refractivity contribution in [2.75, 3.05) is 39.8 Å². The van der Waals surface area contributed by atoms with Gasteiger partial charge in [-0.1, -0.05) is 6.92 Å². The van der Waals surface area contributed by atoms with Crippen molar-refractivity contribution in [3.05, 3.63) is 0 Å². The maximum absolute atomic E-state index is 2.64. The quantitative estimate of drug-likeness (QED) is 0.677. The molecule has 0 bridgehead atoms. The van der Waals surface area contributed by atoms with Gasteiger partial charge in [0.15, 0.2) is 0 Å². The summed E-state index contributed by atoms with van der Waals surface area (Å²) in [6, 6.07) is 0. The first-order valence-corrected chi connectivity index (χ1v) is 6.20. The average Bonchev–Trinajstić information content (AvgIpc) is 2.15. The van der Waals surface area contributed by atoms with Crippen LogP contribution in [0.15, 0.2) is 0 Å². The fourth-order valence-electron chi connectivity index (χ4n) is 3.01. The molecule has 2 nitrogen and oxygen atoms in total. The molecule has 0 saturated carbocycles. The van der Waals surface area contributed by atoms with Gasteiger partial charge in [0.1, 0.15) is 0 Å². The summed E-state index contributed by atoms with van der Waals surface area (Å²) in [5, 5.41) is 0. The van der Waals surface area contributed by atoms with E-state index in [0.717, 1.165) is 11.8 Å². The summed E-state index contributed by atoms with van der Waals surface area (Å²) in [6.45, 7) is 9.04. The Balaban J connectivity index is 1.68. The highest BCUT2D eigenvalue weighted by atomic mass is 15.2. The lowest BCUT2D eigenvalue weighted by Gasteiger charge is -2.44. The molecule has 0 amide bonds. The topological polar surface area (TPSA) is 6.48 Å². The second kappa shape index (κ2) is 4.63. The van der Waals surface area contributed by atoms with E-state index in [1.165, 1.54) is 52.0 Å². The van der Waals surface area contributed by atoms with Crippen molar-refractivity contribution in [2.24, 2.45) is 11.8 Å². The van der Waals surface area contributed by atoms with E-state index in [1.807, 2.05) is 0 Å². The maximum Gasteiger partial charge on any atom is 0.00216 e. The summed E-state index contributed by atoms with van der Waals surface area (Å²) < 4.78 is 0. The van der Waals surface area contributed by atoms with Gasteiger partial charge in [0.25, 0.3) is 0 Å². The zero-order valence-electron chi connectivity index (χ0n) is 9.71. The zero-order valence-corrected chi connectivity index (χ0v) is 9.71. The number of hydrogen-bond acceptors (Lipinski definition) is 2. The molecule has 2 fully saturated rings. The third kappa shape index (κ3) is 2.29. The van der Waals surface area contributed by atoms with Crippen LogP contribution in [0.25, 0.3) is 0 Å². The summed E-state index contributed by atoms with van der Waals surface area (Å²) in [5.41, 5.74) is 0. The molecule has 0 spiro atoms. The first-order valence-electron chi connectivity index (χ1n) is 6.20. The highest BCUT2D eigenvalue weighted by Crippen LogP contribution is 2.30. The number of piperidine rings is 1.